The molecule has 0 radical (unpaired) electrons. The van der Waals surface area contributed by atoms with Crippen LogP contribution in [0.5, 0.6) is 0 Å². The van der Waals surface area contributed by atoms with Gasteiger partial charge in [-0.15, -0.1) is 0 Å². The number of hydrogen-bond donors (Lipinski definition) is 1. The van der Waals surface area contributed by atoms with Gasteiger partial charge in [0, 0.05) is 69.7 Å². The summed E-state index contributed by atoms with van der Waals surface area (Å²) in [5.74, 6) is 0. The molecule has 3 saturated heterocycles. The highest BCUT2D eigenvalue weighted by atomic mass is 16.5. The molecule has 3 fully saturated rings. The van der Waals surface area contributed by atoms with Gasteiger partial charge in [-0.3, -0.25) is 9.80 Å². The van der Waals surface area contributed by atoms with Gasteiger partial charge >= 0.3 is 0 Å². The zero-order valence-corrected chi connectivity index (χ0v) is 38.4. The second kappa shape index (κ2) is 24.7. The molecule has 0 atom stereocenters. The van der Waals surface area contributed by atoms with Gasteiger partial charge in [0.25, 0.3) is 0 Å². The van der Waals surface area contributed by atoms with E-state index in [0.717, 1.165) is 65.6 Å². The summed E-state index contributed by atoms with van der Waals surface area (Å²) < 4.78 is 21.2. The van der Waals surface area contributed by atoms with E-state index in [9.17, 15) is 5.11 Å². The Morgan fingerprint density at radius 2 is 1.00 bits per heavy atom. The molecule has 3 rings (SSSR count). The van der Waals surface area contributed by atoms with Crippen molar-refractivity contribution >= 4 is 0 Å². The first-order valence-corrected chi connectivity index (χ1v) is 20.1. The lowest BCUT2D eigenvalue weighted by atomic mass is 10.0. The Bertz CT molecular complexity index is 867. The van der Waals surface area contributed by atoms with Crippen molar-refractivity contribution in [2.75, 3.05) is 92.4 Å². The van der Waals surface area contributed by atoms with Crippen molar-refractivity contribution in [1.82, 2.24) is 19.6 Å². The van der Waals surface area contributed by atoms with Crippen LogP contribution >= 0.6 is 0 Å². The molecule has 3 heterocycles. The van der Waals surface area contributed by atoms with Gasteiger partial charge in [-0.1, -0.05) is 13.0 Å². The van der Waals surface area contributed by atoms with Crippen LogP contribution in [0.15, 0.2) is 12.3 Å². The fraction of sp³-hybridized carbons (Fsp3) is 0.953. The van der Waals surface area contributed by atoms with E-state index in [1.54, 1.807) is 21.0 Å². The molecule has 3 aliphatic rings. The van der Waals surface area contributed by atoms with Crippen molar-refractivity contribution in [3.05, 3.63) is 12.3 Å². The number of nitrogens with zero attached hydrogens (tertiary/aromatic N) is 4. The van der Waals surface area contributed by atoms with Crippen molar-refractivity contribution in [3.63, 3.8) is 0 Å². The minimum atomic E-state index is -0.715. The van der Waals surface area contributed by atoms with Gasteiger partial charge in [-0.2, -0.15) is 0 Å². The van der Waals surface area contributed by atoms with Crippen LogP contribution < -0.4 is 0 Å². The van der Waals surface area contributed by atoms with E-state index in [0.29, 0.717) is 17.7 Å². The van der Waals surface area contributed by atoms with Crippen LogP contribution in [0.2, 0.25) is 0 Å². The summed E-state index contributed by atoms with van der Waals surface area (Å²) in [5, 5.41) is 9.26. The monoisotopic (exact) mass is 745 g/mol. The van der Waals surface area contributed by atoms with Crippen LogP contribution in [0.25, 0.3) is 0 Å². The highest BCUT2D eigenvalue weighted by Crippen LogP contribution is 2.17. The lowest BCUT2D eigenvalue weighted by molar-refractivity contribution is -0.0827. The van der Waals surface area contributed by atoms with Crippen molar-refractivity contribution in [3.8, 4) is 0 Å². The molecule has 1 N–H and O–H groups in total. The number of hydrogen-bond acceptors (Lipinski definition) is 9. The van der Waals surface area contributed by atoms with E-state index >= 15 is 0 Å². The fourth-order valence-corrected chi connectivity index (χ4v) is 5.05. The molecule has 0 aromatic heterocycles. The lowest BCUT2D eigenvalue weighted by Crippen LogP contribution is -2.52. The predicted octanol–water partition coefficient (Wildman–Crippen LogP) is 8.34. The number of likely N-dealkylation sites (tertiary alicyclic amines) is 1. The van der Waals surface area contributed by atoms with Crippen molar-refractivity contribution < 1.29 is 24.1 Å². The number of piperidine rings is 1. The predicted molar refractivity (Wildman–Crippen MR) is 225 cm³/mol. The third-order valence-corrected chi connectivity index (χ3v) is 8.59. The molecule has 0 unspecified atom stereocenters. The molecule has 9 heteroatoms. The molecular formula is C43H92N4O5. The number of aliphatic hydroxyl groups is 1. The Hall–Kier alpha value is -0.780. The maximum Gasteiger partial charge on any atom is 0.0824 e. The molecule has 0 aromatic carbocycles. The SMILES string of the molecule is C=C(C)N1CCN(C(C)(C)C)CC1.CC(C)(C)N1CCOCC1.CC(C)(C)OCCN1CCCCC1.CC(C)(O)COC(C)(C)C.COC(C)(C)C. The van der Waals surface area contributed by atoms with Crippen molar-refractivity contribution in [2.24, 2.45) is 0 Å². The fourth-order valence-electron chi connectivity index (χ4n) is 5.05. The molecule has 314 valence electrons. The highest BCUT2D eigenvalue weighted by molar-refractivity contribution is 4.93. The van der Waals surface area contributed by atoms with Crippen LogP contribution in [0.4, 0.5) is 0 Å². The Morgan fingerprint density at radius 1 is 0.596 bits per heavy atom. The van der Waals surface area contributed by atoms with Gasteiger partial charge in [0.15, 0.2) is 0 Å². The minimum absolute atomic E-state index is 0.0236. The van der Waals surface area contributed by atoms with Gasteiger partial charge < -0.3 is 33.9 Å². The second-order valence-electron chi connectivity index (χ2n) is 20.0. The molecule has 3 aliphatic heterocycles. The molecule has 0 bridgehead atoms. The van der Waals surface area contributed by atoms with E-state index in [2.05, 4.69) is 95.4 Å². The first-order chi connectivity index (χ1) is 23.4. The van der Waals surface area contributed by atoms with E-state index in [1.165, 1.54) is 38.0 Å². The maximum absolute atomic E-state index is 9.26. The van der Waals surface area contributed by atoms with E-state index in [4.69, 9.17) is 18.9 Å². The van der Waals surface area contributed by atoms with Gasteiger partial charge in [-0.25, -0.2) is 0 Å². The molecule has 0 amide bonds. The average molecular weight is 745 g/mol. The van der Waals surface area contributed by atoms with E-state index in [1.807, 2.05) is 41.5 Å². The first kappa shape index (κ1) is 53.3. The Morgan fingerprint density at radius 3 is 1.29 bits per heavy atom. The van der Waals surface area contributed by atoms with Crippen LogP contribution in [0.1, 0.15) is 144 Å². The zero-order chi connectivity index (χ0) is 41.0. The summed E-state index contributed by atoms with van der Waals surface area (Å²) in [6.07, 6.45) is 4.15. The number of piperazine rings is 1. The molecule has 0 aliphatic carbocycles. The maximum atomic E-state index is 9.26. The van der Waals surface area contributed by atoms with E-state index < -0.39 is 5.60 Å². The summed E-state index contributed by atoms with van der Waals surface area (Å²) in [5.41, 5.74) is 1.04. The van der Waals surface area contributed by atoms with Crippen LogP contribution in [-0.4, -0.2) is 151 Å². The summed E-state index contributed by atoms with van der Waals surface area (Å²) in [6, 6.07) is 0. The van der Waals surface area contributed by atoms with Gasteiger partial charge in [0.1, 0.15) is 0 Å². The van der Waals surface area contributed by atoms with Gasteiger partial charge in [0.2, 0.25) is 0 Å². The van der Waals surface area contributed by atoms with E-state index in [-0.39, 0.29) is 16.8 Å². The Balaban J connectivity index is 0. The minimum Gasteiger partial charge on any atom is -0.388 e. The van der Waals surface area contributed by atoms with Crippen LogP contribution in [0, 0.1) is 0 Å². The Labute approximate surface area is 325 Å². The standard InChI is InChI=1S/C11H22N2.C11H23NO.C8H17NO.C8H18O2.C5H12O/c1-10(2)12-6-8-13(9-7-12)11(3,4)5;1-11(2,3)13-10-9-12-7-5-4-6-8-12;1-8(2,3)9-4-6-10-7-5-9;1-7(2,3)10-6-8(4,5)9;1-5(2,3)6-4/h1,6-9H2,2-5H3;4-10H2,1-3H3;4-7H2,1-3H3;9H,6H2,1-5H3;1-4H3. The summed E-state index contributed by atoms with van der Waals surface area (Å²) >= 11 is 0. The molecule has 9 nitrogen and oxygen atoms in total. The summed E-state index contributed by atoms with van der Waals surface area (Å²) in [6.45, 7) is 54.9. The number of methoxy groups -OCH3 is 1. The normalized spacial score (nSPS) is 18.7. The zero-order valence-electron chi connectivity index (χ0n) is 38.4. The average Bonchev–Trinajstić information content (AvgIpc) is 3.00. The van der Waals surface area contributed by atoms with Crippen LogP contribution in [0.3, 0.4) is 0 Å². The highest BCUT2D eigenvalue weighted by Gasteiger charge is 2.25. The van der Waals surface area contributed by atoms with Crippen molar-refractivity contribution in [1.29, 1.82) is 0 Å². The number of ether oxygens (including phenoxy) is 4. The third kappa shape index (κ3) is 33.8. The molecule has 0 saturated carbocycles. The molecular weight excluding hydrogens is 652 g/mol. The van der Waals surface area contributed by atoms with Gasteiger partial charge in [-0.05, 0) is 151 Å². The largest absolute Gasteiger partial charge is 0.388 e. The second-order valence-corrected chi connectivity index (χ2v) is 20.0. The molecule has 0 spiro atoms. The third-order valence-electron chi connectivity index (χ3n) is 8.59. The van der Waals surface area contributed by atoms with Gasteiger partial charge in [0.05, 0.1) is 48.8 Å². The summed E-state index contributed by atoms with van der Waals surface area (Å²) in [7, 11) is 1.71. The number of morpholine rings is 1. The molecule has 52 heavy (non-hydrogen) atoms. The topological polar surface area (TPSA) is 70.1 Å². The number of allylic oxidation sites excluding steroid dienone is 1. The Kier molecular flexibility index (Phi) is 25.3. The van der Waals surface area contributed by atoms with Crippen LogP contribution in [-0.2, 0) is 18.9 Å². The molecule has 0 aromatic rings. The van der Waals surface area contributed by atoms with Crippen molar-refractivity contribution in [2.45, 2.75) is 177 Å². The quantitative estimate of drug-likeness (QED) is 0.289. The smallest absolute Gasteiger partial charge is 0.0824 e. The lowest BCUT2D eigenvalue weighted by Gasteiger charge is -2.43. The first-order valence-electron chi connectivity index (χ1n) is 20.1. The number of rotatable bonds is 6. The summed E-state index contributed by atoms with van der Waals surface area (Å²) in [4.78, 5) is 9.86.